The molecule has 2 N–H and O–H groups in total. The molecule has 3 rings (SSSR count). The predicted molar refractivity (Wildman–Crippen MR) is 68.2 cm³/mol. The van der Waals surface area contributed by atoms with Crippen LogP contribution in [0.1, 0.15) is 44.9 Å². The van der Waals surface area contributed by atoms with E-state index in [0.29, 0.717) is 6.54 Å². The second kappa shape index (κ2) is 4.74. The van der Waals surface area contributed by atoms with Crippen molar-refractivity contribution in [1.82, 2.24) is 9.03 Å². The van der Waals surface area contributed by atoms with Crippen LogP contribution in [0.15, 0.2) is 0 Å². The SMILES string of the molecule is O=S(=O)(NC1CC1)N1CCCC1C1CCCC1O. The lowest BCUT2D eigenvalue weighted by Gasteiger charge is -2.30. The monoisotopic (exact) mass is 274 g/mol. The van der Waals surface area contributed by atoms with E-state index in [1.54, 1.807) is 4.31 Å². The van der Waals surface area contributed by atoms with Gasteiger partial charge >= 0.3 is 0 Å². The van der Waals surface area contributed by atoms with Crippen LogP contribution in [-0.4, -0.2) is 42.6 Å². The molecule has 18 heavy (non-hydrogen) atoms. The molecule has 6 heteroatoms. The van der Waals surface area contributed by atoms with Crippen molar-refractivity contribution < 1.29 is 13.5 Å². The first-order valence-electron chi connectivity index (χ1n) is 7.05. The van der Waals surface area contributed by atoms with Crippen LogP contribution in [0.5, 0.6) is 0 Å². The standard InChI is InChI=1S/C12H22N2O3S/c15-12-5-1-3-10(12)11-4-2-8-14(11)18(16,17)13-9-6-7-9/h9-13,15H,1-8H2. The number of aliphatic hydroxyl groups excluding tert-OH is 1. The zero-order chi connectivity index (χ0) is 12.8. The molecule has 3 fully saturated rings. The Morgan fingerprint density at radius 1 is 1.06 bits per heavy atom. The van der Waals surface area contributed by atoms with Crippen LogP contribution < -0.4 is 4.72 Å². The third-order valence-corrected chi connectivity index (χ3v) is 6.18. The van der Waals surface area contributed by atoms with Gasteiger partial charge in [-0.3, -0.25) is 0 Å². The summed E-state index contributed by atoms with van der Waals surface area (Å²) in [4.78, 5) is 0. The fourth-order valence-electron chi connectivity index (χ4n) is 3.39. The average Bonchev–Trinajstić information content (AvgIpc) is 2.80. The van der Waals surface area contributed by atoms with E-state index >= 15 is 0 Å². The third-order valence-electron chi connectivity index (χ3n) is 4.48. The average molecular weight is 274 g/mol. The van der Waals surface area contributed by atoms with Gasteiger partial charge in [-0.1, -0.05) is 6.42 Å². The summed E-state index contributed by atoms with van der Waals surface area (Å²) in [5, 5.41) is 9.99. The van der Waals surface area contributed by atoms with Crippen molar-refractivity contribution in [3.8, 4) is 0 Å². The molecule has 0 aromatic rings. The topological polar surface area (TPSA) is 69.6 Å². The summed E-state index contributed by atoms with van der Waals surface area (Å²) in [7, 11) is -3.33. The molecule has 0 spiro atoms. The van der Waals surface area contributed by atoms with Crippen LogP contribution in [0.2, 0.25) is 0 Å². The molecule has 3 unspecified atom stereocenters. The van der Waals surface area contributed by atoms with Gasteiger partial charge in [0.2, 0.25) is 0 Å². The second-order valence-electron chi connectivity index (χ2n) is 5.88. The first-order chi connectivity index (χ1) is 8.58. The van der Waals surface area contributed by atoms with Crippen molar-refractivity contribution in [1.29, 1.82) is 0 Å². The summed E-state index contributed by atoms with van der Waals surface area (Å²) in [5.74, 6) is 0.142. The molecule has 1 heterocycles. The molecular weight excluding hydrogens is 252 g/mol. The van der Waals surface area contributed by atoms with Crippen LogP contribution in [0.3, 0.4) is 0 Å². The van der Waals surface area contributed by atoms with Crippen molar-refractivity contribution in [2.45, 2.75) is 63.1 Å². The van der Waals surface area contributed by atoms with E-state index in [9.17, 15) is 13.5 Å². The number of hydrogen-bond acceptors (Lipinski definition) is 3. The van der Waals surface area contributed by atoms with Gasteiger partial charge in [0, 0.05) is 24.5 Å². The van der Waals surface area contributed by atoms with Gasteiger partial charge in [-0.25, -0.2) is 0 Å². The van der Waals surface area contributed by atoms with E-state index < -0.39 is 10.2 Å². The van der Waals surface area contributed by atoms with E-state index in [1.807, 2.05) is 0 Å². The second-order valence-corrected chi connectivity index (χ2v) is 7.53. The summed E-state index contributed by atoms with van der Waals surface area (Å²) >= 11 is 0. The van der Waals surface area contributed by atoms with Gasteiger partial charge in [0.05, 0.1) is 6.10 Å². The largest absolute Gasteiger partial charge is 0.393 e. The van der Waals surface area contributed by atoms with E-state index in [4.69, 9.17) is 0 Å². The molecule has 1 aliphatic heterocycles. The molecule has 0 aromatic carbocycles. The van der Waals surface area contributed by atoms with Gasteiger partial charge in [0.15, 0.2) is 0 Å². The van der Waals surface area contributed by atoms with E-state index in [-0.39, 0.29) is 24.1 Å². The number of nitrogens with zero attached hydrogens (tertiary/aromatic N) is 1. The van der Waals surface area contributed by atoms with Crippen LogP contribution in [0, 0.1) is 5.92 Å². The fourth-order valence-corrected chi connectivity index (χ4v) is 5.17. The van der Waals surface area contributed by atoms with Crippen molar-refractivity contribution in [3.05, 3.63) is 0 Å². The summed E-state index contributed by atoms with van der Waals surface area (Å²) in [5.41, 5.74) is 0. The first kappa shape index (κ1) is 12.8. The molecule has 3 atom stereocenters. The van der Waals surface area contributed by atoms with Crippen LogP contribution in [0.25, 0.3) is 0 Å². The summed E-state index contributed by atoms with van der Waals surface area (Å²) in [6, 6.07) is 0.170. The van der Waals surface area contributed by atoms with Crippen molar-refractivity contribution in [2.75, 3.05) is 6.54 Å². The summed E-state index contributed by atoms with van der Waals surface area (Å²) in [6.07, 6.45) is 6.23. The highest BCUT2D eigenvalue weighted by Crippen LogP contribution is 2.37. The molecule has 5 nitrogen and oxygen atoms in total. The van der Waals surface area contributed by atoms with Crippen molar-refractivity contribution >= 4 is 10.2 Å². The minimum atomic E-state index is -3.33. The lowest BCUT2D eigenvalue weighted by Crippen LogP contribution is -2.48. The Morgan fingerprint density at radius 2 is 1.83 bits per heavy atom. The lowest BCUT2D eigenvalue weighted by molar-refractivity contribution is 0.0972. The van der Waals surface area contributed by atoms with Gasteiger partial charge in [0.1, 0.15) is 0 Å². The Morgan fingerprint density at radius 3 is 2.44 bits per heavy atom. The zero-order valence-electron chi connectivity index (χ0n) is 10.6. The molecule has 1 saturated heterocycles. The molecule has 104 valence electrons. The number of hydrogen-bond donors (Lipinski definition) is 2. The Hall–Kier alpha value is -0.170. The minimum Gasteiger partial charge on any atom is -0.393 e. The van der Waals surface area contributed by atoms with Gasteiger partial charge in [0.25, 0.3) is 10.2 Å². The quantitative estimate of drug-likeness (QED) is 0.789. The smallest absolute Gasteiger partial charge is 0.279 e. The van der Waals surface area contributed by atoms with E-state index in [0.717, 1.165) is 44.9 Å². The lowest BCUT2D eigenvalue weighted by atomic mass is 9.95. The normalized spacial score (nSPS) is 38.4. The molecule has 2 saturated carbocycles. The van der Waals surface area contributed by atoms with Crippen LogP contribution >= 0.6 is 0 Å². The molecule has 0 radical (unpaired) electrons. The van der Waals surface area contributed by atoms with Crippen LogP contribution in [-0.2, 0) is 10.2 Å². The van der Waals surface area contributed by atoms with Gasteiger partial charge in [-0.05, 0) is 38.5 Å². The Bertz CT molecular complexity index is 408. The van der Waals surface area contributed by atoms with E-state index in [1.165, 1.54) is 0 Å². The molecule has 0 amide bonds. The van der Waals surface area contributed by atoms with Gasteiger partial charge < -0.3 is 5.11 Å². The van der Waals surface area contributed by atoms with E-state index in [2.05, 4.69) is 4.72 Å². The Labute approximate surface area is 109 Å². The minimum absolute atomic E-state index is 0.0127. The Balaban J connectivity index is 1.73. The highest BCUT2D eigenvalue weighted by molar-refractivity contribution is 7.87. The summed E-state index contributed by atoms with van der Waals surface area (Å²) < 4.78 is 29.0. The fraction of sp³-hybridized carbons (Fsp3) is 1.00. The Kier molecular flexibility index (Phi) is 3.38. The highest BCUT2D eigenvalue weighted by Gasteiger charge is 2.44. The van der Waals surface area contributed by atoms with Crippen molar-refractivity contribution in [3.63, 3.8) is 0 Å². The zero-order valence-corrected chi connectivity index (χ0v) is 11.4. The van der Waals surface area contributed by atoms with Crippen molar-refractivity contribution in [2.24, 2.45) is 5.92 Å². The predicted octanol–water partition coefficient (Wildman–Crippen LogP) is 0.609. The maximum atomic E-state index is 12.3. The molecular formula is C12H22N2O3S. The maximum absolute atomic E-state index is 12.3. The van der Waals surface area contributed by atoms with Gasteiger partial charge in [-0.2, -0.15) is 17.4 Å². The summed E-state index contributed by atoms with van der Waals surface area (Å²) in [6.45, 7) is 0.607. The third kappa shape index (κ3) is 2.43. The number of aliphatic hydroxyl groups is 1. The molecule has 0 bridgehead atoms. The highest BCUT2D eigenvalue weighted by atomic mass is 32.2. The van der Waals surface area contributed by atoms with Gasteiger partial charge in [-0.15, -0.1) is 0 Å². The number of rotatable bonds is 4. The van der Waals surface area contributed by atoms with Crippen LogP contribution in [0.4, 0.5) is 0 Å². The maximum Gasteiger partial charge on any atom is 0.279 e. The molecule has 3 aliphatic rings. The molecule has 0 aromatic heterocycles. The number of nitrogens with one attached hydrogen (secondary N) is 1. The molecule has 2 aliphatic carbocycles. The first-order valence-corrected chi connectivity index (χ1v) is 8.49.